The molecule has 0 aliphatic carbocycles. The van der Waals surface area contributed by atoms with Gasteiger partial charge in [0.15, 0.2) is 0 Å². The number of carbonyl (C=O) groups is 1. The van der Waals surface area contributed by atoms with Crippen molar-refractivity contribution in [3.63, 3.8) is 0 Å². The van der Waals surface area contributed by atoms with Gasteiger partial charge in [0, 0.05) is 22.4 Å². The third kappa shape index (κ3) is 5.64. The Bertz CT molecular complexity index is 800. The fourth-order valence-electron chi connectivity index (χ4n) is 2.83. The Morgan fingerprint density at radius 3 is 2.56 bits per heavy atom. The van der Waals surface area contributed by atoms with Crippen LogP contribution in [-0.4, -0.2) is 25.8 Å². The van der Waals surface area contributed by atoms with Crippen molar-refractivity contribution in [2.24, 2.45) is 0 Å². The number of carbonyl (C=O) groups excluding carboxylic acids is 1. The molecule has 0 fully saturated rings. The van der Waals surface area contributed by atoms with Crippen LogP contribution in [0, 0.1) is 0 Å². The number of unbranched alkanes of at least 4 members (excludes halogenated alkanes) is 2. The van der Waals surface area contributed by atoms with E-state index in [-0.39, 0.29) is 12.7 Å². The first kappa shape index (κ1) is 21.1. The molecule has 27 heavy (non-hydrogen) atoms. The lowest BCUT2D eigenvalue weighted by Gasteiger charge is -2.20. The Morgan fingerprint density at radius 1 is 1.22 bits per heavy atom. The van der Waals surface area contributed by atoms with E-state index in [0.29, 0.717) is 22.1 Å². The first-order valence-corrected chi connectivity index (χ1v) is 9.60. The number of esters is 1. The smallest absolute Gasteiger partial charge is 0.333 e. The molecule has 0 aromatic heterocycles. The second-order valence-corrected chi connectivity index (χ2v) is 6.96. The number of methoxy groups -OCH3 is 1. The van der Waals surface area contributed by atoms with Crippen LogP contribution in [0.15, 0.2) is 42.5 Å². The molecule has 5 heteroatoms. The molecular weight excluding hydrogens is 364 g/mol. The molecule has 4 nitrogen and oxygen atoms in total. The van der Waals surface area contributed by atoms with Gasteiger partial charge in [0.2, 0.25) is 0 Å². The zero-order valence-electron chi connectivity index (χ0n) is 16.2. The number of benzene rings is 2. The Kier molecular flexibility index (Phi) is 7.99. The summed E-state index contributed by atoms with van der Waals surface area (Å²) in [6, 6.07) is 9.49. The van der Waals surface area contributed by atoms with Crippen LogP contribution in [0.1, 0.15) is 39.5 Å². The third-order valence-corrected chi connectivity index (χ3v) is 4.58. The van der Waals surface area contributed by atoms with Gasteiger partial charge in [-0.15, -0.1) is 0 Å². The molecule has 146 valence electrons. The molecule has 1 atom stereocenters. The molecule has 2 aromatic carbocycles. The van der Waals surface area contributed by atoms with Gasteiger partial charge in [-0.25, -0.2) is 4.79 Å². The van der Waals surface area contributed by atoms with E-state index in [1.807, 2.05) is 24.3 Å². The summed E-state index contributed by atoms with van der Waals surface area (Å²) >= 11 is 6.43. The second-order valence-electron chi connectivity index (χ2n) is 6.55. The molecule has 1 unspecified atom stereocenters. The fraction of sp³-hybridized carbons (Fsp3) is 0.409. The molecule has 0 N–H and O–H groups in total. The lowest BCUT2D eigenvalue weighted by atomic mass is 10.1. The molecule has 0 radical (unpaired) electrons. The summed E-state index contributed by atoms with van der Waals surface area (Å²) in [6.45, 7) is 7.65. The summed E-state index contributed by atoms with van der Waals surface area (Å²) in [5.74, 6) is 0.863. The molecule has 0 heterocycles. The third-order valence-electron chi connectivity index (χ3n) is 4.30. The van der Waals surface area contributed by atoms with Crippen molar-refractivity contribution in [1.82, 2.24) is 0 Å². The first-order chi connectivity index (χ1) is 13.0. The van der Waals surface area contributed by atoms with E-state index in [1.54, 1.807) is 20.1 Å². The molecule has 0 saturated carbocycles. The van der Waals surface area contributed by atoms with Gasteiger partial charge in [0.05, 0.1) is 12.1 Å². The van der Waals surface area contributed by atoms with E-state index < -0.39 is 5.97 Å². The van der Waals surface area contributed by atoms with Crippen molar-refractivity contribution in [2.45, 2.75) is 45.6 Å². The minimum absolute atomic E-state index is 0.235. The van der Waals surface area contributed by atoms with E-state index >= 15 is 0 Å². The summed E-state index contributed by atoms with van der Waals surface area (Å²) in [4.78, 5) is 11.9. The highest BCUT2D eigenvalue weighted by Gasteiger charge is 2.18. The van der Waals surface area contributed by atoms with E-state index in [9.17, 15) is 4.79 Å². The van der Waals surface area contributed by atoms with Gasteiger partial charge in [-0.05, 0) is 19.8 Å². The van der Waals surface area contributed by atoms with Crippen molar-refractivity contribution in [3.05, 3.63) is 47.5 Å². The van der Waals surface area contributed by atoms with Crippen LogP contribution in [0.2, 0.25) is 5.02 Å². The summed E-state index contributed by atoms with van der Waals surface area (Å²) in [6.07, 6.45) is 3.52. The van der Waals surface area contributed by atoms with Gasteiger partial charge >= 0.3 is 5.97 Å². The highest BCUT2D eigenvalue weighted by atomic mass is 35.5. The van der Waals surface area contributed by atoms with Crippen molar-refractivity contribution in [3.8, 4) is 11.5 Å². The van der Waals surface area contributed by atoms with E-state index in [4.69, 9.17) is 25.8 Å². The van der Waals surface area contributed by atoms with Crippen LogP contribution in [-0.2, 0) is 9.53 Å². The lowest BCUT2D eigenvalue weighted by molar-refractivity contribution is -0.146. The summed E-state index contributed by atoms with van der Waals surface area (Å²) in [5.41, 5.74) is 0.378. The maximum Gasteiger partial charge on any atom is 0.333 e. The van der Waals surface area contributed by atoms with E-state index in [2.05, 4.69) is 13.5 Å². The molecule has 0 amide bonds. The number of rotatable bonds is 10. The average molecular weight is 391 g/mol. The van der Waals surface area contributed by atoms with Crippen LogP contribution in [0.25, 0.3) is 10.8 Å². The topological polar surface area (TPSA) is 44.8 Å². The van der Waals surface area contributed by atoms with Crippen molar-refractivity contribution >= 4 is 28.3 Å². The van der Waals surface area contributed by atoms with Gasteiger partial charge in [0.25, 0.3) is 0 Å². The van der Waals surface area contributed by atoms with Gasteiger partial charge in [-0.1, -0.05) is 62.2 Å². The van der Waals surface area contributed by atoms with Crippen LogP contribution in [0.3, 0.4) is 0 Å². The van der Waals surface area contributed by atoms with Gasteiger partial charge in [-0.2, -0.15) is 0 Å². The van der Waals surface area contributed by atoms with E-state index in [1.165, 1.54) is 0 Å². The van der Waals surface area contributed by atoms with Crippen LogP contribution in [0.4, 0.5) is 0 Å². The predicted octanol–water partition coefficient (Wildman–Crippen LogP) is 5.95. The minimum atomic E-state index is -0.397. The Balaban J connectivity index is 2.21. The molecule has 0 bridgehead atoms. The molecule has 0 saturated heterocycles. The molecule has 0 aliphatic heterocycles. The summed E-state index contributed by atoms with van der Waals surface area (Å²) in [7, 11) is 1.61. The zero-order valence-corrected chi connectivity index (χ0v) is 17.0. The minimum Gasteiger partial charge on any atom is -0.496 e. The maximum absolute atomic E-state index is 11.9. The van der Waals surface area contributed by atoms with Crippen molar-refractivity contribution in [1.29, 1.82) is 0 Å². The number of hydrogen-bond acceptors (Lipinski definition) is 4. The van der Waals surface area contributed by atoms with Gasteiger partial charge < -0.3 is 14.2 Å². The zero-order chi connectivity index (χ0) is 19.8. The average Bonchev–Trinajstić information content (AvgIpc) is 2.66. The second kappa shape index (κ2) is 10.2. The van der Waals surface area contributed by atoms with E-state index in [0.717, 1.165) is 36.5 Å². The number of halogens is 1. The van der Waals surface area contributed by atoms with Crippen molar-refractivity contribution < 1.29 is 19.0 Å². The maximum atomic E-state index is 11.9. The van der Waals surface area contributed by atoms with Crippen molar-refractivity contribution in [2.75, 3.05) is 13.7 Å². The quantitative estimate of drug-likeness (QED) is 0.285. The number of fused-ring (bicyclic) bond motifs is 1. The Morgan fingerprint density at radius 2 is 1.93 bits per heavy atom. The standard InChI is InChI=1S/C22H27ClO4/c1-5-6-7-10-16(27-22(24)15(2)3)14-26-21-18-12-9-8-11-17(18)20(25-4)13-19(21)23/h8-9,11-13,16H,2,5-7,10,14H2,1,3-4H3. The largest absolute Gasteiger partial charge is 0.496 e. The highest BCUT2D eigenvalue weighted by Crippen LogP contribution is 2.39. The molecule has 2 rings (SSSR count). The van der Waals surface area contributed by atoms with Gasteiger partial charge in [0.1, 0.15) is 24.2 Å². The van der Waals surface area contributed by atoms with Crippen LogP contribution < -0.4 is 9.47 Å². The normalized spacial score (nSPS) is 11.9. The molecule has 0 spiro atoms. The number of hydrogen-bond donors (Lipinski definition) is 0. The summed E-state index contributed by atoms with van der Waals surface area (Å²) < 4.78 is 17.0. The fourth-order valence-corrected chi connectivity index (χ4v) is 3.08. The Hall–Kier alpha value is -2.20. The van der Waals surface area contributed by atoms with Gasteiger partial charge in [-0.3, -0.25) is 0 Å². The number of ether oxygens (including phenoxy) is 3. The molecular formula is C22H27ClO4. The lowest BCUT2D eigenvalue weighted by Crippen LogP contribution is -2.25. The van der Waals surface area contributed by atoms with Crippen LogP contribution in [0.5, 0.6) is 11.5 Å². The predicted molar refractivity (Wildman–Crippen MR) is 110 cm³/mol. The summed E-state index contributed by atoms with van der Waals surface area (Å²) in [5, 5.41) is 2.24. The first-order valence-electron chi connectivity index (χ1n) is 9.22. The monoisotopic (exact) mass is 390 g/mol. The molecule has 2 aromatic rings. The van der Waals surface area contributed by atoms with Crippen LogP contribution >= 0.6 is 11.6 Å². The Labute approximate surface area is 166 Å². The highest BCUT2D eigenvalue weighted by molar-refractivity contribution is 6.33. The molecule has 0 aliphatic rings. The SMILES string of the molecule is C=C(C)C(=O)OC(CCCCC)COc1c(Cl)cc(OC)c2ccccc12.